The fourth-order valence-corrected chi connectivity index (χ4v) is 2.63. The predicted molar refractivity (Wildman–Crippen MR) is 70.5 cm³/mol. The van der Waals surface area contributed by atoms with Gasteiger partial charge in [0.1, 0.15) is 5.82 Å². The minimum Gasteiger partial charge on any atom is -0.329 e. The van der Waals surface area contributed by atoms with Gasteiger partial charge in [-0.15, -0.1) is 11.8 Å². The highest BCUT2D eigenvalue weighted by Gasteiger charge is 2.11. The molecular weight excluding hydrogens is 233 g/mol. The second kappa shape index (κ2) is 5.84. The summed E-state index contributed by atoms with van der Waals surface area (Å²) in [5.41, 5.74) is 6.83. The molecule has 2 aromatic carbocycles. The zero-order valence-electron chi connectivity index (χ0n) is 9.34. The Hall–Kier alpha value is -1.32. The molecule has 3 heteroatoms. The highest BCUT2D eigenvalue weighted by molar-refractivity contribution is 7.99. The quantitative estimate of drug-likeness (QED) is 0.835. The van der Waals surface area contributed by atoms with Crippen LogP contribution in [0.1, 0.15) is 10.8 Å². The number of nitrogens with two attached hydrogens (primary N) is 1. The van der Waals surface area contributed by atoms with Gasteiger partial charge in [-0.3, -0.25) is 0 Å². The summed E-state index contributed by atoms with van der Waals surface area (Å²) in [5, 5.41) is 0.165. The molecule has 88 valence electrons. The van der Waals surface area contributed by atoms with Crippen molar-refractivity contribution in [2.75, 3.05) is 6.54 Å². The van der Waals surface area contributed by atoms with Crippen molar-refractivity contribution in [3.63, 3.8) is 0 Å². The average Bonchev–Trinajstić information content (AvgIpc) is 2.38. The van der Waals surface area contributed by atoms with Gasteiger partial charge in [0, 0.05) is 16.7 Å². The van der Waals surface area contributed by atoms with Gasteiger partial charge in [0.05, 0.1) is 0 Å². The first kappa shape index (κ1) is 12.1. The molecule has 0 saturated carbocycles. The van der Waals surface area contributed by atoms with E-state index in [1.165, 1.54) is 17.0 Å². The van der Waals surface area contributed by atoms with Crippen molar-refractivity contribution >= 4 is 11.8 Å². The average molecular weight is 247 g/mol. The molecule has 17 heavy (non-hydrogen) atoms. The molecule has 0 saturated heterocycles. The highest BCUT2D eigenvalue weighted by Crippen LogP contribution is 2.34. The van der Waals surface area contributed by atoms with Crippen LogP contribution in [0, 0.1) is 5.82 Å². The third-order valence-corrected chi connectivity index (χ3v) is 3.77. The molecule has 0 amide bonds. The third-order valence-electron chi connectivity index (χ3n) is 2.48. The van der Waals surface area contributed by atoms with Crippen LogP contribution < -0.4 is 5.73 Å². The highest BCUT2D eigenvalue weighted by atomic mass is 32.2. The minimum atomic E-state index is -0.214. The normalized spacial score (nSPS) is 12.4. The Balaban J connectivity index is 2.14. The van der Waals surface area contributed by atoms with Gasteiger partial charge in [-0.25, -0.2) is 4.39 Å². The molecule has 0 aliphatic heterocycles. The molecule has 0 spiro atoms. The van der Waals surface area contributed by atoms with E-state index >= 15 is 0 Å². The Labute approximate surface area is 105 Å². The zero-order valence-corrected chi connectivity index (χ0v) is 10.2. The minimum absolute atomic E-state index is 0.165. The van der Waals surface area contributed by atoms with Crippen LogP contribution in [-0.2, 0) is 0 Å². The summed E-state index contributed by atoms with van der Waals surface area (Å²) in [6.45, 7) is 0.533. The summed E-state index contributed by atoms with van der Waals surface area (Å²) in [7, 11) is 0. The number of hydrogen-bond acceptors (Lipinski definition) is 2. The van der Waals surface area contributed by atoms with Crippen LogP contribution in [0.2, 0.25) is 0 Å². The van der Waals surface area contributed by atoms with E-state index in [1.54, 1.807) is 23.9 Å². The first-order chi connectivity index (χ1) is 8.29. The van der Waals surface area contributed by atoms with Crippen molar-refractivity contribution in [2.24, 2.45) is 5.73 Å². The van der Waals surface area contributed by atoms with E-state index < -0.39 is 0 Å². The van der Waals surface area contributed by atoms with Gasteiger partial charge < -0.3 is 5.73 Å². The van der Waals surface area contributed by atoms with Crippen LogP contribution >= 0.6 is 11.8 Å². The van der Waals surface area contributed by atoms with Crippen LogP contribution in [0.5, 0.6) is 0 Å². The van der Waals surface area contributed by atoms with Gasteiger partial charge in [0.2, 0.25) is 0 Å². The maximum Gasteiger partial charge on any atom is 0.123 e. The molecule has 0 bridgehead atoms. The summed E-state index contributed by atoms with van der Waals surface area (Å²) in [6, 6.07) is 16.6. The van der Waals surface area contributed by atoms with Gasteiger partial charge >= 0.3 is 0 Å². The smallest absolute Gasteiger partial charge is 0.123 e. The first-order valence-corrected chi connectivity index (χ1v) is 6.35. The van der Waals surface area contributed by atoms with Crippen LogP contribution in [0.3, 0.4) is 0 Å². The molecule has 0 aliphatic rings. The molecule has 1 nitrogen and oxygen atoms in total. The van der Waals surface area contributed by atoms with Gasteiger partial charge in [0.25, 0.3) is 0 Å². The van der Waals surface area contributed by atoms with Gasteiger partial charge in [-0.2, -0.15) is 0 Å². The lowest BCUT2D eigenvalue weighted by Gasteiger charge is -2.14. The van der Waals surface area contributed by atoms with Crippen molar-refractivity contribution in [1.82, 2.24) is 0 Å². The van der Waals surface area contributed by atoms with Crippen LogP contribution in [0.15, 0.2) is 59.5 Å². The third kappa shape index (κ3) is 3.32. The predicted octanol–water partition coefficient (Wildman–Crippen LogP) is 3.62. The second-order valence-electron chi connectivity index (χ2n) is 3.71. The molecule has 0 fully saturated rings. The fraction of sp³-hybridized carbons (Fsp3) is 0.143. The van der Waals surface area contributed by atoms with E-state index in [4.69, 9.17) is 5.73 Å². The Morgan fingerprint density at radius 2 is 1.65 bits per heavy atom. The lowest BCUT2D eigenvalue weighted by atomic mass is 10.1. The molecule has 0 aromatic heterocycles. The van der Waals surface area contributed by atoms with E-state index in [0.29, 0.717) is 6.54 Å². The zero-order chi connectivity index (χ0) is 12.1. The summed E-state index contributed by atoms with van der Waals surface area (Å²) < 4.78 is 12.8. The lowest BCUT2D eigenvalue weighted by molar-refractivity contribution is 0.627. The summed E-state index contributed by atoms with van der Waals surface area (Å²) in [5.74, 6) is -0.214. The maximum atomic E-state index is 12.8. The molecule has 0 radical (unpaired) electrons. The van der Waals surface area contributed by atoms with Gasteiger partial charge in [-0.1, -0.05) is 30.3 Å². The molecule has 1 atom stereocenters. The van der Waals surface area contributed by atoms with Crippen molar-refractivity contribution in [1.29, 1.82) is 0 Å². The molecular formula is C14H14FNS. The number of hydrogen-bond donors (Lipinski definition) is 1. The molecule has 1 unspecified atom stereocenters. The molecule has 2 rings (SSSR count). The van der Waals surface area contributed by atoms with Crippen LogP contribution in [0.4, 0.5) is 4.39 Å². The second-order valence-corrected chi connectivity index (χ2v) is 4.98. The molecule has 0 aliphatic carbocycles. The Morgan fingerprint density at radius 1 is 1.00 bits per heavy atom. The lowest BCUT2D eigenvalue weighted by Crippen LogP contribution is -2.09. The Bertz CT molecular complexity index is 455. The fourth-order valence-electron chi connectivity index (χ4n) is 1.59. The molecule has 2 aromatic rings. The van der Waals surface area contributed by atoms with Crippen molar-refractivity contribution < 1.29 is 4.39 Å². The standard InChI is InChI=1S/C14H14FNS/c15-12-8-6-11(7-9-12)14(10-16)17-13-4-2-1-3-5-13/h1-9,14H,10,16H2. The van der Waals surface area contributed by atoms with E-state index in [-0.39, 0.29) is 11.1 Å². The monoisotopic (exact) mass is 247 g/mol. The van der Waals surface area contributed by atoms with Crippen LogP contribution in [-0.4, -0.2) is 6.54 Å². The van der Waals surface area contributed by atoms with E-state index in [0.717, 1.165) is 5.56 Å². The summed E-state index contributed by atoms with van der Waals surface area (Å²) in [6.07, 6.45) is 0. The molecule has 0 heterocycles. The van der Waals surface area contributed by atoms with E-state index in [2.05, 4.69) is 12.1 Å². The van der Waals surface area contributed by atoms with E-state index in [1.807, 2.05) is 18.2 Å². The Kier molecular flexibility index (Phi) is 4.18. The SMILES string of the molecule is NCC(Sc1ccccc1)c1ccc(F)cc1. The number of benzene rings is 2. The van der Waals surface area contributed by atoms with Crippen LogP contribution in [0.25, 0.3) is 0 Å². The number of rotatable bonds is 4. The van der Waals surface area contributed by atoms with Gasteiger partial charge in [-0.05, 0) is 29.8 Å². The van der Waals surface area contributed by atoms with Crippen molar-refractivity contribution in [2.45, 2.75) is 10.1 Å². The number of thioether (sulfide) groups is 1. The number of halogens is 1. The topological polar surface area (TPSA) is 26.0 Å². The van der Waals surface area contributed by atoms with Crippen molar-refractivity contribution in [3.05, 3.63) is 66.0 Å². The summed E-state index contributed by atoms with van der Waals surface area (Å²) >= 11 is 1.70. The maximum absolute atomic E-state index is 12.8. The van der Waals surface area contributed by atoms with E-state index in [9.17, 15) is 4.39 Å². The largest absolute Gasteiger partial charge is 0.329 e. The Morgan fingerprint density at radius 3 is 2.24 bits per heavy atom. The molecule has 2 N–H and O–H groups in total. The first-order valence-electron chi connectivity index (χ1n) is 5.47. The summed E-state index contributed by atoms with van der Waals surface area (Å²) in [4.78, 5) is 1.17. The van der Waals surface area contributed by atoms with Gasteiger partial charge in [0.15, 0.2) is 0 Å². The van der Waals surface area contributed by atoms with Crippen molar-refractivity contribution in [3.8, 4) is 0 Å².